The number of hydrogen-bond donors (Lipinski definition) is 2. The fourth-order valence-corrected chi connectivity index (χ4v) is 4.17. The summed E-state index contributed by atoms with van der Waals surface area (Å²) >= 11 is 1.53. The summed E-state index contributed by atoms with van der Waals surface area (Å²) in [6.07, 6.45) is 0. The summed E-state index contributed by atoms with van der Waals surface area (Å²) in [4.78, 5) is 16.8. The minimum absolute atomic E-state index is 0.430. The van der Waals surface area contributed by atoms with Crippen LogP contribution in [0.25, 0.3) is 0 Å². The molecule has 29 heavy (non-hydrogen) atoms. The van der Waals surface area contributed by atoms with E-state index in [1.807, 2.05) is 42.5 Å². The zero-order valence-corrected chi connectivity index (χ0v) is 16.7. The lowest BCUT2D eigenvalue weighted by atomic mass is 9.89. The molecule has 2 aromatic carbocycles. The van der Waals surface area contributed by atoms with Crippen LogP contribution >= 0.6 is 11.8 Å². The van der Waals surface area contributed by atoms with Crippen LogP contribution in [0.15, 0.2) is 72.0 Å². The number of amides is 1. The molecule has 8 heteroatoms. The Hall–Kier alpha value is -3.26. The molecule has 0 fully saturated rings. The molecule has 0 spiro atoms. The molecule has 0 saturated carbocycles. The molecule has 2 atom stereocenters. The number of hydrogen-bond acceptors (Lipinski definition) is 6. The third kappa shape index (κ3) is 3.84. The van der Waals surface area contributed by atoms with Gasteiger partial charge in [-0.25, -0.2) is 4.68 Å². The van der Waals surface area contributed by atoms with Crippen molar-refractivity contribution in [2.75, 3.05) is 12.4 Å². The Morgan fingerprint density at radius 3 is 2.62 bits per heavy atom. The molecule has 7 nitrogen and oxygen atoms in total. The zero-order chi connectivity index (χ0) is 20.4. The summed E-state index contributed by atoms with van der Waals surface area (Å²) in [6.45, 7) is 4.00. The number of primary amides is 1. The summed E-state index contributed by atoms with van der Waals surface area (Å²) in [5, 5.41) is 8.37. The largest absolute Gasteiger partial charge is 0.497 e. The van der Waals surface area contributed by atoms with E-state index < -0.39 is 17.9 Å². The second-order valence-electron chi connectivity index (χ2n) is 6.69. The van der Waals surface area contributed by atoms with Crippen molar-refractivity contribution < 1.29 is 9.53 Å². The number of nitrogens with two attached hydrogens (primary N) is 1. The van der Waals surface area contributed by atoms with Gasteiger partial charge in [-0.15, -0.1) is 5.10 Å². The van der Waals surface area contributed by atoms with Gasteiger partial charge in [0.15, 0.2) is 0 Å². The van der Waals surface area contributed by atoms with E-state index in [9.17, 15) is 4.79 Å². The molecule has 4 rings (SSSR count). The Balaban J connectivity index is 1.68. The Morgan fingerprint density at radius 2 is 1.97 bits per heavy atom. The molecule has 1 aromatic heterocycles. The lowest BCUT2D eigenvalue weighted by Crippen LogP contribution is -2.40. The molecule has 1 aliphatic heterocycles. The van der Waals surface area contributed by atoms with Gasteiger partial charge >= 0.3 is 0 Å². The summed E-state index contributed by atoms with van der Waals surface area (Å²) in [7, 11) is 1.61. The van der Waals surface area contributed by atoms with E-state index >= 15 is 0 Å². The molecule has 148 valence electrons. The van der Waals surface area contributed by atoms with Crippen molar-refractivity contribution in [2.24, 2.45) is 11.7 Å². The van der Waals surface area contributed by atoms with Gasteiger partial charge in [-0.2, -0.15) is 4.98 Å². The van der Waals surface area contributed by atoms with E-state index in [1.165, 1.54) is 17.3 Å². The smallest absolute Gasteiger partial charge is 0.229 e. The van der Waals surface area contributed by atoms with Gasteiger partial charge in [0.05, 0.1) is 13.2 Å². The van der Waals surface area contributed by atoms with Crippen LogP contribution in [0.1, 0.15) is 17.2 Å². The molecule has 0 bridgehead atoms. The van der Waals surface area contributed by atoms with Crippen LogP contribution in [0, 0.1) is 5.92 Å². The molecule has 0 aliphatic carbocycles. The topological polar surface area (TPSA) is 95.1 Å². The number of rotatable bonds is 6. The third-order valence-electron chi connectivity index (χ3n) is 4.81. The predicted molar refractivity (Wildman–Crippen MR) is 113 cm³/mol. The van der Waals surface area contributed by atoms with Crippen LogP contribution in [0.3, 0.4) is 0 Å². The van der Waals surface area contributed by atoms with Crippen LogP contribution in [-0.2, 0) is 10.5 Å². The van der Waals surface area contributed by atoms with E-state index in [0.717, 1.165) is 17.1 Å². The predicted octanol–water partition coefficient (Wildman–Crippen LogP) is 3.21. The Bertz CT molecular complexity index is 1030. The second-order valence-corrected chi connectivity index (χ2v) is 7.63. The van der Waals surface area contributed by atoms with Gasteiger partial charge in [0.2, 0.25) is 17.0 Å². The van der Waals surface area contributed by atoms with Crippen molar-refractivity contribution in [1.29, 1.82) is 0 Å². The summed E-state index contributed by atoms with van der Waals surface area (Å²) in [6, 6.07) is 17.2. The van der Waals surface area contributed by atoms with Crippen molar-refractivity contribution in [1.82, 2.24) is 14.8 Å². The zero-order valence-electron chi connectivity index (χ0n) is 15.9. The van der Waals surface area contributed by atoms with Crippen molar-refractivity contribution in [3.8, 4) is 5.75 Å². The Kier molecular flexibility index (Phi) is 5.26. The normalized spacial score (nSPS) is 18.0. The van der Waals surface area contributed by atoms with E-state index in [1.54, 1.807) is 11.8 Å². The maximum absolute atomic E-state index is 12.2. The summed E-state index contributed by atoms with van der Waals surface area (Å²) in [5.74, 6) is 0.906. The highest BCUT2D eigenvalue weighted by Crippen LogP contribution is 2.38. The monoisotopic (exact) mass is 407 g/mol. The molecule has 2 heterocycles. The van der Waals surface area contributed by atoms with Crippen molar-refractivity contribution in [3.05, 3.63) is 78.0 Å². The van der Waals surface area contributed by atoms with E-state index in [-0.39, 0.29) is 0 Å². The Morgan fingerprint density at radius 1 is 1.24 bits per heavy atom. The van der Waals surface area contributed by atoms with Gasteiger partial charge in [-0.1, -0.05) is 60.8 Å². The number of carbonyl (C=O) groups is 1. The van der Waals surface area contributed by atoms with Crippen LogP contribution < -0.4 is 15.8 Å². The fraction of sp³-hybridized carbons (Fsp3) is 0.190. The van der Waals surface area contributed by atoms with Gasteiger partial charge in [0.25, 0.3) is 0 Å². The maximum atomic E-state index is 12.2. The number of nitrogens with zero attached hydrogens (tertiary/aromatic N) is 3. The quantitative estimate of drug-likeness (QED) is 0.609. The maximum Gasteiger partial charge on any atom is 0.229 e. The molecule has 3 aromatic rings. The Labute approximate surface area is 173 Å². The molecule has 1 amide bonds. The molecule has 0 unspecified atom stereocenters. The number of thioether (sulfide) groups is 1. The van der Waals surface area contributed by atoms with Gasteiger partial charge < -0.3 is 15.8 Å². The minimum atomic E-state index is -0.649. The van der Waals surface area contributed by atoms with Crippen molar-refractivity contribution >= 4 is 23.6 Å². The van der Waals surface area contributed by atoms with Crippen LogP contribution in [0.2, 0.25) is 0 Å². The van der Waals surface area contributed by atoms with Gasteiger partial charge in [0, 0.05) is 11.4 Å². The number of methoxy groups -OCH3 is 1. The molecular weight excluding hydrogens is 386 g/mol. The molecule has 0 saturated heterocycles. The molecular formula is C21H21N5O2S. The van der Waals surface area contributed by atoms with Crippen molar-refractivity contribution in [2.45, 2.75) is 17.0 Å². The van der Waals surface area contributed by atoms with E-state index in [4.69, 9.17) is 10.5 Å². The average molecular weight is 407 g/mol. The highest BCUT2D eigenvalue weighted by atomic mass is 32.2. The van der Waals surface area contributed by atoms with Crippen molar-refractivity contribution in [3.63, 3.8) is 0 Å². The number of anilines is 1. The highest BCUT2D eigenvalue weighted by molar-refractivity contribution is 7.98. The lowest BCUT2D eigenvalue weighted by molar-refractivity contribution is -0.121. The molecule has 0 radical (unpaired) electrons. The van der Waals surface area contributed by atoms with Gasteiger partial charge in [-0.05, 0) is 23.3 Å². The SMILES string of the molecule is C=C1Nc2nc(SCc3ccccc3)nn2[C@@H](c2ccc(OC)cc2)[C@@H]1C(N)=O. The van der Waals surface area contributed by atoms with E-state index in [0.29, 0.717) is 16.8 Å². The van der Waals surface area contributed by atoms with Gasteiger partial charge in [0.1, 0.15) is 11.7 Å². The third-order valence-corrected chi connectivity index (χ3v) is 5.72. The van der Waals surface area contributed by atoms with E-state index in [2.05, 4.69) is 34.1 Å². The highest BCUT2D eigenvalue weighted by Gasteiger charge is 2.39. The van der Waals surface area contributed by atoms with Gasteiger partial charge in [-0.3, -0.25) is 4.79 Å². The lowest BCUT2D eigenvalue weighted by Gasteiger charge is -2.32. The first-order valence-corrected chi connectivity index (χ1v) is 10.1. The summed E-state index contributed by atoms with van der Waals surface area (Å²) < 4.78 is 6.96. The minimum Gasteiger partial charge on any atom is -0.497 e. The number of benzene rings is 2. The number of nitrogens with one attached hydrogen (secondary N) is 1. The number of carbonyl (C=O) groups excluding carboxylic acids is 1. The number of fused-ring (bicyclic) bond motifs is 1. The van der Waals surface area contributed by atoms with Crippen LogP contribution in [-0.4, -0.2) is 27.8 Å². The molecule has 3 N–H and O–H groups in total. The second kappa shape index (κ2) is 8.00. The first-order valence-electron chi connectivity index (χ1n) is 9.09. The van der Waals surface area contributed by atoms with Crippen LogP contribution in [0.4, 0.5) is 5.95 Å². The number of ether oxygens (including phenoxy) is 1. The summed E-state index contributed by atoms with van der Waals surface area (Å²) in [5.41, 5.74) is 8.28. The van der Waals surface area contributed by atoms with Crippen LogP contribution in [0.5, 0.6) is 5.75 Å². The fourth-order valence-electron chi connectivity index (χ4n) is 3.38. The first-order chi connectivity index (χ1) is 14.1. The first kappa shape index (κ1) is 19.1. The average Bonchev–Trinajstić information content (AvgIpc) is 3.14. The molecule has 1 aliphatic rings. The number of aromatic nitrogens is 3. The standard InChI is InChI=1S/C21H21N5O2S/c1-13-17(19(22)27)18(15-8-10-16(28-2)11-9-15)26-20(23-13)24-21(25-26)29-12-14-6-4-3-5-7-14/h3-11,17-18H,1,12H2,2H3,(H2,22,27)(H,23,24,25)/t17-,18+/m1/s1.